The van der Waals surface area contributed by atoms with Gasteiger partial charge in [-0.05, 0) is 79.6 Å². The van der Waals surface area contributed by atoms with Crippen LogP contribution in [0.4, 0.5) is 0 Å². The van der Waals surface area contributed by atoms with Crippen molar-refractivity contribution in [1.29, 1.82) is 0 Å². The van der Waals surface area contributed by atoms with Crippen LogP contribution in [0.5, 0.6) is 0 Å². The van der Waals surface area contributed by atoms with Crippen LogP contribution in [0, 0.1) is 0 Å². The summed E-state index contributed by atoms with van der Waals surface area (Å²) in [6.07, 6.45) is 7.66. The predicted molar refractivity (Wildman–Crippen MR) is 139 cm³/mol. The zero-order chi connectivity index (χ0) is 24.6. The van der Waals surface area contributed by atoms with Crippen LogP contribution in [0.25, 0.3) is 10.9 Å². The van der Waals surface area contributed by atoms with E-state index in [0.717, 1.165) is 54.9 Å². The van der Waals surface area contributed by atoms with Gasteiger partial charge < -0.3 is 4.98 Å². The van der Waals surface area contributed by atoms with E-state index < -0.39 is 0 Å². The summed E-state index contributed by atoms with van der Waals surface area (Å²) in [7, 11) is 0. The van der Waals surface area contributed by atoms with E-state index in [1.165, 1.54) is 37.7 Å². The second-order valence-corrected chi connectivity index (χ2v) is 11.2. The number of aromatic amines is 1. The molecule has 0 unspecified atom stereocenters. The Labute approximate surface area is 207 Å². The van der Waals surface area contributed by atoms with Gasteiger partial charge in [0, 0.05) is 43.3 Å². The van der Waals surface area contributed by atoms with Crippen molar-refractivity contribution in [2.24, 2.45) is 0 Å². The van der Waals surface area contributed by atoms with Crippen molar-refractivity contribution >= 4 is 10.9 Å². The molecule has 0 spiro atoms. The molecule has 1 aliphatic carbocycles. The fourth-order valence-corrected chi connectivity index (χ4v) is 5.84. The third kappa shape index (κ3) is 4.91. The first-order valence-corrected chi connectivity index (χ1v) is 13.3. The first kappa shape index (κ1) is 24.1. The van der Waals surface area contributed by atoms with Crippen molar-refractivity contribution in [3.8, 4) is 0 Å². The van der Waals surface area contributed by atoms with Crippen molar-refractivity contribution < 1.29 is 0 Å². The number of nitrogens with zero attached hydrogens (tertiary/aromatic N) is 6. The molecule has 188 valence electrons. The first-order chi connectivity index (χ1) is 16.8. The van der Waals surface area contributed by atoms with Crippen LogP contribution in [-0.4, -0.2) is 67.2 Å². The van der Waals surface area contributed by atoms with Crippen molar-refractivity contribution in [2.45, 2.75) is 83.8 Å². The number of hydrogen-bond acceptors (Lipinski definition) is 6. The molecule has 1 aliphatic heterocycles. The lowest BCUT2D eigenvalue weighted by molar-refractivity contribution is 0.0606. The number of tetrazole rings is 1. The van der Waals surface area contributed by atoms with Gasteiger partial charge in [-0.2, -0.15) is 0 Å². The van der Waals surface area contributed by atoms with E-state index in [1.807, 2.05) is 10.7 Å². The van der Waals surface area contributed by atoms with E-state index in [-0.39, 0.29) is 17.1 Å². The van der Waals surface area contributed by atoms with Crippen molar-refractivity contribution in [3.63, 3.8) is 0 Å². The molecule has 3 aromatic rings. The lowest BCUT2D eigenvalue weighted by Gasteiger charge is -2.43. The van der Waals surface area contributed by atoms with Crippen molar-refractivity contribution in [3.05, 3.63) is 51.6 Å². The van der Waals surface area contributed by atoms with Crippen LogP contribution in [-0.2, 0) is 12.0 Å². The highest BCUT2D eigenvalue weighted by Gasteiger charge is 2.36. The topological polar surface area (TPSA) is 82.9 Å². The van der Waals surface area contributed by atoms with Crippen LogP contribution >= 0.6 is 0 Å². The number of rotatable bonds is 5. The second kappa shape index (κ2) is 9.82. The van der Waals surface area contributed by atoms with Gasteiger partial charge in [0.15, 0.2) is 5.82 Å². The standard InChI is InChI=1S/C27H39N7O/c1-5-19-11-12-23-20(17-19)18-22(26(35)28-23)24(25-29-30-31-34(25)27(2,3)4)33-15-13-32(14-16-33)21-9-7-6-8-10-21/h11-12,17-18,21,24H,5-10,13-16H2,1-4H3,(H,28,35)/t24-/m1/s1. The third-order valence-corrected chi connectivity index (χ3v) is 7.82. The Morgan fingerprint density at radius 2 is 1.80 bits per heavy atom. The number of aryl methyl sites for hydroxylation is 1. The van der Waals surface area contributed by atoms with Gasteiger partial charge in [-0.15, -0.1) is 5.10 Å². The fraction of sp³-hybridized carbons (Fsp3) is 0.630. The van der Waals surface area contributed by atoms with Crippen LogP contribution in [0.15, 0.2) is 29.1 Å². The van der Waals surface area contributed by atoms with Crippen LogP contribution in [0.1, 0.15) is 82.8 Å². The first-order valence-electron chi connectivity index (χ1n) is 13.3. The van der Waals surface area contributed by atoms with E-state index in [4.69, 9.17) is 0 Å². The molecule has 1 aromatic carbocycles. The number of aromatic nitrogens is 5. The zero-order valence-corrected chi connectivity index (χ0v) is 21.6. The minimum Gasteiger partial charge on any atom is -0.322 e. The number of hydrogen-bond donors (Lipinski definition) is 1. The quantitative estimate of drug-likeness (QED) is 0.601. The van der Waals surface area contributed by atoms with E-state index in [0.29, 0.717) is 6.04 Å². The monoisotopic (exact) mass is 477 g/mol. The lowest BCUT2D eigenvalue weighted by atomic mass is 9.93. The van der Waals surface area contributed by atoms with Crippen molar-refractivity contribution in [2.75, 3.05) is 26.2 Å². The SMILES string of the molecule is CCc1ccc2[nH]c(=O)c([C@H](c3nnnn3C(C)(C)C)N3CCN(C4CCCCC4)CC3)cc2c1. The summed E-state index contributed by atoms with van der Waals surface area (Å²) in [6.45, 7) is 12.3. The minimum atomic E-state index is -0.295. The molecule has 0 radical (unpaired) electrons. The maximum Gasteiger partial charge on any atom is 0.253 e. The maximum atomic E-state index is 13.5. The van der Waals surface area contributed by atoms with Gasteiger partial charge in [0.1, 0.15) is 6.04 Å². The Bertz CT molecular complexity index is 1210. The summed E-state index contributed by atoms with van der Waals surface area (Å²) >= 11 is 0. The smallest absolute Gasteiger partial charge is 0.253 e. The zero-order valence-electron chi connectivity index (χ0n) is 21.6. The molecule has 3 heterocycles. The maximum absolute atomic E-state index is 13.5. The largest absolute Gasteiger partial charge is 0.322 e. The predicted octanol–water partition coefficient (Wildman–Crippen LogP) is 3.87. The van der Waals surface area contributed by atoms with Crippen molar-refractivity contribution in [1.82, 2.24) is 35.0 Å². The molecule has 1 saturated heterocycles. The summed E-state index contributed by atoms with van der Waals surface area (Å²) in [4.78, 5) is 21.7. The fourth-order valence-electron chi connectivity index (χ4n) is 5.84. The number of piperazine rings is 1. The summed E-state index contributed by atoms with van der Waals surface area (Å²) in [5.41, 5.74) is 2.49. The highest BCUT2D eigenvalue weighted by molar-refractivity contribution is 5.80. The molecule has 1 saturated carbocycles. The third-order valence-electron chi connectivity index (χ3n) is 7.82. The van der Waals surface area contributed by atoms with E-state index in [9.17, 15) is 4.79 Å². The van der Waals surface area contributed by atoms with Crippen LogP contribution in [0.2, 0.25) is 0 Å². The highest BCUT2D eigenvalue weighted by Crippen LogP contribution is 2.31. The summed E-state index contributed by atoms with van der Waals surface area (Å²) < 4.78 is 1.89. The number of H-pyrrole nitrogens is 1. The number of fused-ring (bicyclic) bond motifs is 1. The van der Waals surface area contributed by atoms with Gasteiger partial charge >= 0.3 is 0 Å². The van der Waals surface area contributed by atoms with E-state index in [1.54, 1.807) is 0 Å². The molecule has 2 fully saturated rings. The molecular formula is C27H39N7O. The highest BCUT2D eigenvalue weighted by atomic mass is 16.1. The molecule has 5 rings (SSSR count). The molecule has 2 aromatic heterocycles. The summed E-state index contributed by atoms with van der Waals surface area (Å²) in [5, 5.41) is 13.9. The molecule has 8 heteroatoms. The molecule has 0 amide bonds. The molecule has 2 aliphatic rings. The molecular weight excluding hydrogens is 438 g/mol. The lowest BCUT2D eigenvalue weighted by Crippen LogP contribution is -2.52. The summed E-state index contributed by atoms with van der Waals surface area (Å²) in [5.74, 6) is 0.736. The van der Waals surface area contributed by atoms with Gasteiger partial charge in [0.25, 0.3) is 5.56 Å². The average molecular weight is 478 g/mol. The van der Waals surface area contributed by atoms with Crippen LogP contribution < -0.4 is 5.56 Å². The van der Waals surface area contributed by atoms with Gasteiger partial charge in [-0.3, -0.25) is 14.6 Å². The Kier molecular flexibility index (Phi) is 6.77. The minimum absolute atomic E-state index is 0.0649. The second-order valence-electron chi connectivity index (χ2n) is 11.2. The molecule has 35 heavy (non-hydrogen) atoms. The number of benzene rings is 1. The van der Waals surface area contributed by atoms with Gasteiger partial charge in [0.2, 0.25) is 0 Å². The summed E-state index contributed by atoms with van der Waals surface area (Å²) in [6, 6.07) is 8.75. The van der Waals surface area contributed by atoms with E-state index in [2.05, 4.69) is 76.2 Å². The normalized spacial score (nSPS) is 19.9. The Morgan fingerprint density at radius 1 is 1.06 bits per heavy atom. The number of nitrogens with one attached hydrogen (secondary N) is 1. The average Bonchev–Trinajstić information content (AvgIpc) is 3.35. The number of pyridine rings is 1. The van der Waals surface area contributed by atoms with Gasteiger partial charge in [-0.1, -0.05) is 32.3 Å². The van der Waals surface area contributed by atoms with Crippen LogP contribution in [0.3, 0.4) is 0 Å². The molecule has 0 bridgehead atoms. The van der Waals surface area contributed by atoms with E-state index >= 15 is 0 Å². The molecule has 8 nitrogen and oxygen atoms in total. The van der Waals surface area contributed by atoms with Gasteiger partial charge in [-0.25, -0.2) is 4.68 Å². The Morgan fingerprint density at radius 3 is 2.49 bits per heavy atom. The molecule has 1 atom stereocenters. The molecule has 1 N–H and O–H groups in total. The Balaban J connectivity index is 1.53. The Hall–Kier alpha value is -2.58. The van der Waals surface area contributed by atoms with Gasteiger partial charge in [0.05, 0.1) is 5.54 Å².